The van der Waals surface area contributed by atoms with Crippen LogP contribution in [-0.2, 0) is 0 Å². The Morgan fingerprint density at radius 2 is 2.00 bits per heavy atom. The maximum Gasteiger partial charge on any atom is 0.0443 e. The van der Waals surface area contributed by atoms with Crippen LogP contribution in [0.3, 0.4) is 0 Å². The molecule has 3 saturated heterocycles. The van der Waals surface area contributed by atoms with Gasteiger partial charge >= 0.3 is 0 Å². The van der Waals surface area contributed by atoms with E-state index in [1.165, 1.54) is 19.5 Å². The summed E-state index contributed by atoms with van der Waals surface area (Å²) in [5.74, 6) is 0. The second-order valence-electron chi connectivity index (χ2n) is 4.05. The molecule has 0 spiro atoms. The van der Waals surface area contributed by atoms with Gasteiger partial charge in [-0.25, -0.2) is 0 Å². The summed E-state index contributed by atoms with van der Waals surface area (Å²) in [5, 5.41) is 8.69. The standard InChI is InChI=1S/C9H18N2O/c1-10-8-5-9(10)7-11(6-8)3-2-4-12/h8-9,12H,2-7H2,1H3. The third-order valence-electron chi connectivity index (χ3n) is 3.27. The molecule has 3 fully saturated rings. The van der Waals surface area contributed by atoms with Gasteiger partial charge in [0.15, 0.2) is 0 Å². The van der Waals surface area contributed by atoms with E-state index in [9.17, 15) is 0 Å². The van der Waals surface area contributed by atoms with Crippen molar-refractivity contribution in [2.75, 3.05) is 33.3 Å². The number of aliphatic hydroxyl groups excluding tert-OH is 1. The van der Waals surface area contributed by atoms with E-state index in [1.54, 1.807) is 0 Å². The smallest absolute Gasteiger partial charge is 0.0443 e. The van der Waals surface area contributed by atoms with Gasteiger partial charge in [0.1, 0.15) is 0 Å². The fourth-order valence-corrected chi connectivity index (χ4v) is 2.36. The van der Waals surface area contributed by atoms with Crippen molar-refractivity contribution in [3.8, 4) is 0 Å². The van der Waals surface area contributed by atoms with Crippen LogP contribution in [0.1, 0.15) is 12.8 Å². The van der Waals surface area contributed by atoms with Gasteiger partial charge in [0.2, 0.25) is 0 Å². The van der Waals surface area contributed by atoms with E-state index in [0.29, 0.717) is 6.61 Å². The zero-order chi connectivity index (χ0) is 8.55. The van der Waals surface area contributed by atoms with Crippen molar-refractivity contribution in [3.05, 3.63) is 0 Å². The van der Waals surface area contributed by atoms with Crippen LogP contribution in [0.15, 0.2) is 0 Å². The number of likely N-dealkylation sites (N-methyl/N-ethyl adjacent to an activating group) is 1. The lowest BCUT2D eigenvalue weighted by molar-refractivity contribution is -0.0513. The number of hydrogen-bond donors (Lipinski definition) is 1. The molecule has 0 amide bonds. The van der Waals surface area contributed by atoms with Crippen molar-refractivity contribution in [2.45, 2.75) is 24.9 Å². The molecule has 0 saturated carbocycles. The molecule has 12 heavy (non-hydrogen) atoms. The van der Waals surface area contributed by atoms with E-state index in [4.69, 9.17) is 5.11 Å². The Kier molecular flexibility index (Phi) is 2.35. The van der Waals surface area contributed by atoms with Crippen molar-refractivity contribution in [3.63, 3.8) is 0 Å². The first kappa shape index (κ1) is 8.48. The average Bonchev–Trinajstić information content (AvgIpc) is 2.14. The minimum absolute atomic E-state index is 0.335. The molecule has 3 aliphatic heterocycles. The fourth-order valence-electron chi connectivity index (χ4n) is 2.36. The Hall–Kier alpha value is -0.120. The minimum atomic E-state index is 0.335. The maximum atomic E-state index is 8.69. The Morgan fingerprint density at radius 1 is 1.33 bits per heavy atom. The molecule has 3 rings (SSSR count). The SMILES string of the molecule is CN1C2CC1CN(CCCO)C2. The summed E-state index contributed by atoms with van der Waals surface area (Å²) >= 11 is 0. The second-order valence-corrected chi connectivity index (χ2v) is 4.05. The van der Waals surface area contributed by atoms with Crippen molar-refractivity contribution in [1.82, 2.24) is 9.80 Å². The van der Waals surface area contributed by atoms with Crippen LogP contribution in [0.4, 0.5) is 0 Å². The lowest BCUT2D eigenvalue weighted by atomic mass is 9.88. The minimum Gasteiger partial charge on any atom is -0.396 e. The normalized spacial score (nSPS) is 36.5. The van der Waals surface area contributed by atoms with Crippen LogP contribution in [0.25, 0.3) is 0 Å². The van der Waals surface area contributed by atoms with Crippen LogP contribution in [0.5, 0.6) is 0 Å². The summed E-state index contributed by atoms with van der Waals surface area (Å²) in [5.41, 5.74) is 0. The van der Waals surface area contributed by atoms with Crippen molar-refractivity contribution < 1.29 is 5.11 Å². The number of rotatable bonds is 3. The van der Waals surface area contributed by atoms with Gasteiger partial charge < -0.3 is 10.0 Å². The molecule has 70 valence electrons. The highest BCUT2D eigenvalue weighted by molar-refractivity contribution is 4.98. The van der Waals surface area contributed by atoms with Crippen molar-refractivity contribution >= 4 is 0 Å². The Morgan fingerprint density at radius 3 is 2.50 bits per heavy atom. The van der Waals surface area contributed by atoms with Gasteiger partial charge in [-0.05, 0) is 19.9 Å². The highest BCUT2D eigenvalue weighted by Crippen LogP contribution is 2.29. The predicted octanol–water partition coefficient (Wildman–Crippen LogP) is -0.243. The zero-order valence-corrected chi connectivity index (χ0v) is 7.74. The highest BCUT2D eigenvalue weighted by atomic mass is 16.3. The molecule has 0 aromatic rings. The zero-order valence-electron chi connectivity index (χ0n) is 7.74. The summed E-state index contributed by atoms with van der Waals surface area (Å²) in [6, 6.07) is 1.62. The monoisotopic (exact) mass is 170 g/mol. The van der Waals surface area contributed by atoms with E-state index in [1.807, 2.05) is 0 Å². The number of fused-ring (bicyclic) bond motifs is 2. The molecule has 2 atom stereocenters. The molecule has 1 N–H and O–H groups in total. The molecule has 0 aliphatic carbocycles. The number of aliphatic hydroxyl groups is 1. The summed E-state index contributed by atoms with van der Waals surface area (Å²) < 4.78 is 0. The second kappa shape index (κ2) is 3.32. The number of hydrogen-bond acceptors (Lipinski definition) is 3. The number of nitrogens with zero attached hydrogens (tertiary/aromatic N) is 2. The predicted molar refractivity (Wildman–Crippen MR) is 48.1 cm³/mol. The molecule has 3 aliphatic rings. The molecule has 0 aromatic carbocycles. The van der Waals surface area contributed by atoms with Gasteiger partial charge in [0, 0.05) is 38.3 Å². The van der Waals surface area contributed by atoms with Gasteiger partial charge in [0.25, 0.3) is 0 Å². The topological polar surface area (TPSA) is 26.7 Å². The molecule has 3 heterocycles. The summed E-state index contributed by atoms with van der Waals surface area (Å²) in [6.45, 7) is 3.85. The van der Waals surface area contributed by atoms with E-state index < -0.39 is 0 Å². The lowest BCUT2D eigenvalue weighted by Gasteiger charge is -2.55. The van der Waals surface area contributed by atoms with Crippen LogP contribution >= 0.6 is 0 Å². The lowest BCUT2D eigenvalue weighted by Crippen LogP contribution is -2.67. The fraction of sp³-hybridized carbons (Fsp3) is 1.00. The average molecular weight is 170 g/mol. The van der Waals surface area contributed by atoms with Gasteiger partial charge in [-0.1, -0.05) is 0 Å². The molecular formula is C9H18N2O. The van der Waals surface area contributed by atoms with Crippen LogP contribution in [0.2, 0.25) is 0 Å². The van der Waals surface area contributed by atoms with Crippen LogP contribution < -0.4 is 0 Å². The van der Waals surface area contributed by atoms with Gasteiger partial charge in [0.05, 0.1) is 0 Å². The van der Waals surface area contributed by atoms with E-state index in [-0.39, 0.29) is 0 Å². The maximum absolute atomic E-state index is 8.69. The largest absolute Gasteiger partial charge is 0.396 e. The Labute approximate surface area is 74.0 Å². The van der Waals surface area contributed by atoms with Gasteiger partial charge in [-0.3, -0.25) is 4.90 Å². The Balaban J connectivity index is 1.75. The molecule has 3 heteroatoms. The first-order chi connectivity index (χ1) is 5.81. The van der Waals surface area contributed by atoms with E-state index >= 15 is 0 Å². The molecule has 2 bridgehead atoms. The van der Waals surface area contributed by atoms with E-state index in [0.717, 1.165) is 25.0 Å². The Bertz CT molecular complexity index is 151. The quantitative estimate of drug-likeness (QED) is 0.633. The van der Waals surface area contributed by atoms with Crippen molar-refractivity contribution in [2.24, 2.45) is 0 Å². The van der Waals surface area contributed by atoms with Crippen LogP contribution in [0, 0.1) is 0 Å². The third-order valence-corrected chi connectivity index (χ3v) is 3.27. The first-order valence-electron chi connectivity index (χ1n) is 4.86. The summed E-state index contributed by atoms with van der Waals surface area (Å²) in [4.78, 5) is 4.96. The molecular weight excluding hydrogens is 152 g/mol. The van der Waals surface area contributed by atoms with Gasteiger partial charge in [-0.2, -0.15) is 0 Å². The summed E-state index contributed by atoms with van der Waals surface area (Å²) in [7, 11) is 2.22. The van der Waals surface area contributed by atoms with Crippen molar-refractivity contribution in [1.29, 1.82) is 0 Å². The van der Waals surface area contributed by atoms with E-state index in [2.05, 4.69) is 16.8 Å². The molecule has 2 unspecified atom stereocenters. The third kappa shape index (κ3) is 1.37. The first-order valence-corrected chi connectivity index (χ1v) is 4.86. The van der Waals surface area contributed by atoms with Crippen LogP contribution in [-0.4, -0.2) is 60.3 Å². The highest BCUT2D eigenvalue weighted by Gasteiger charge is 2.41. The number of piperidine rings is 1. The molecule has 3 nitrogen and oxygen atoms in total. The number of piperazine rings is 1. The molecule has 0 radical (unpaired) electrons. The molecule has 0 aromatic heterocycles. The summed E-state index contributed by atoms with van der Waals surface area (Å²) in [6.07, 6.45) is 2.33. The van der Waals surface area contributed by atoms with Gasteiger partial charge in [-0.15, -0.1) is 0 Å².